The minimum Gasteiger partial charge on any atom is -0.324 e. The summed E-state index contributed by atoms with van der Waals surface area (Å²) in [6.07, 6.45) is 1.63. The second kappa shape index (κ2) is 7.43. The van der Waals surface area contributed by atoms with E-state index in [1.165, 1.54) is 28.8 Å². The molecule has 1 aromatic heterocycles. The van der Waals surface area contributed by atoms with Gasteiger partial charge in [0, 0.05) is 30.1 Å². The molecule has 0 unspecified atom stereocenters. The summed E-state index contributed by atoms with van der Waals surface area (Å²) in [7, 11) is 0. The van der Waals surface area contributed by atoms with Crippen LogP contribution < -0.4 is 10.9 Å². The maximum Gasteiger partial charge on any atom is 0.269 e. The number of nitro benzene ring substituents is 1. The number of pyridine rings is 1. The van der Waals surface area contributed by atoms with Crippen molar-refractivity contribution in [3.8, 4) is 5.69 Å². The van der Waals surface area contributed by atoms with Crippen LogP contribution in [0.2, 0.25) is 0 Å². The van der Waals surface area contributed by atoms with Crippen LogP contribution in [0.1, 0.15) is 5.56 Å². The first kappa shape index (κ1) is 17.1. The predicted molar refractivity (Wildman–Crippen MR) is 97.5 cm³/mol. The van der Waals surface area contributed by atoms with Gasteiger partial charge in [-0.1, -0.05) is 30.3 Å². The van der Waals surface area contributed by atoms with E-state index in [1.54, 1.807) is 30.5 Å². The standard InChI is InChI=1S/C19H15N3O4/c23-18(12-14-6-9-17(10-7-14)22(25)26)20-15-8-11-19(24)21(13-15)16-4-2-1-3-5-16/h1-11,13H,12H2,(H,20,23). The van der Waals surface area contributed by atoms with Gasteiger partial charge in [-0.2, -0.15) is 0 Å². The van der Waals surface area contributed by atoms with Crippen LogP contribution in [0, 0.1) is 10.1 Å². The molecular formula is C19H15N3O4. The Hall–Kier alpha value is -3.74. The lowest BCUT2D eigenvalue weighted by Crippen LogP contribution is -2.20. The fourth-order valence-electron chi connectivity index (χ4n) is 2.48. The smallest absolute Gasteiger partial charge is 0.269 e. The average molecular weight is 349 g/mol. The number of benzene rings is 2. The minimum absolute atomic E-state index is 0.0240. The summed E-state index contributed by atoms with van der Waals surface area (Å²) >= 11 is 0. The maximum atomic E-state index is 12.2. The molecule has 3 aromatic rings. The van der Waals surface area contributed by atoms with Gasteiger partial charge >= 0.3 is 0 Å². The second-order valence-corrected chi connectivity index (χ2v) is 5.61. The van der Waals surface area contributed by atoms with E-state index in [0.717, 1.165) is 0 Å². The number of hydrogen-bond donors (Lipinski definition) is 1. The Morgan fingerprint density at radius 3 is 2.35 bits per heavy atom. The van der Waals surface area contributed by atoms with Gasteiger partial charge in [0.05, 0.1) is 17.0 Å². The molecule has 130 valence electrons. The van der Waals surface area contributed by atoms with Crippen LogP contribution in [0.5, 0.6) is 0 Å². The molecule has 7 nitrogen and oxygen atoms in total. The zero-order valence-electron chi connectivity index (χ0n) is 13.7. The molecule has 26 heavy (non-hydrogen) atoms. The van der Waals surface area contributed by atoms with Crippen molar-refractivity contribution >= 4 is 17.3 Å². The summed E-state index contributed by atoms with van der Waals surface area (Å²) in [4.78, 5) is 34.4. The number of para-hydroxylation sites is 1. The summed E-state index contributed by atoms with van der Waals surface area (Å²) in [6, 6.07) is 17.8. The predicted octanol–water partition coefficient (Wildman–Crippen LogP) is 2.93. The number of aromatic nitrogens is 1. The van der Waals surface area contributed by atoms with Crippen molar-refractivity contribution in [3.63, 3.8) is 0 Å². The molecule has 0 bridgehead atoms. The summed E-state index contributed by atoms with van der Waals surface area (Å²) in [6.45, 7) is 0. The first-order valence-electron chi connectivity index (χ1n) is 7.84. The zero-order chi connectivity index (χ0) is 18.5. The van der Waals surface area contributed by atoms with Crippen LogP contribution >= 0.6 is 0 Å². The quantitative estimate of drug-likeness (QED) is 0.566. The maximum absolute atomic E-state index is 12.2. The molecule has 0 aliphatic rings. The minimum atomic E-state index is -0.489. The van der Waals surface area contributed by atoms with E-state index < -0.39 is 4.92 Å². The molecule has 0 radical (unpaired) electrons. The molecule has 7 heteroatoms. The Kier molecular flexibility index (Phi) is 4.89. The fourth-order valence-corrected chi connectivity index (χ4v) is 2.48. The number of amides is 1. The molecule has 0 aliphatic heterocycles. The van der Waals surface area contributed by atoms with Crippen molar-refractivity contribution in [1.82, 2.24) is 4.57 Å². The van der Waals surface area contributed by atoms with Gasteiger partial charge in [0.1, 0.15) is 0 Å². The molecule has 0 saturated heterocycles. The van der Waals surface area contributed by atoms with Gasteiger partial charge in [0.25, 0.3) is 11.2 Å². The van der Waals surface area contributed by atoms with E-state index in [1.807, 2.05) is 18.2 Å². The Bertz CT molecular complexity index is 995. The van der Waals surface area contributed by atoms with E-state index in [9.17, 15) is 19.7 Å². The van der Waals surface area contributed by atoms with Gasteiger partial charge in [-0.3, -0.25) is 24.3 Å². The molecule has 1 heterocycles. The van der Waals surface area contributed by atoms with Crippen molar-refractivity contribution in [2.75, 3.05) is 5.32 Å². The summed E-state index contributed by atoms with van der Waals surface area (Å²) in [5, 5.41) is 13.4. The van der Waals surface area contributed by atoms with E-state index in [4.69, 9.17) is 0 Å². The van der Waals surface area contributed by atoms with Crippen molar-refractivity contribution in [2.24, 2.45) is 0 Å². The van der Waals surface area contributed by atoms with Crippen LogP contribution in [0.3, 0.4) is 0 Å². The Balaban J connectivity index is 1.73. The van der Waals surface area contributed by atoms with Gasteiger partial charge in [0.15, 0.2) is 0 Å². The molecule has 0 saturated carbocycles. The second-order valence-electron chi connectivity index (χ2n) is 5.61. The normalized spacial score (nSPS) is 10.3. The lowest BCUT2D eigenvalue weighted by molar-refractivity contribution is -0.384. The molecule has 1 amide bonds. The number of nitro groups is 1. The number of nitrogens with one attached hydrogen (secondary N) is 1. The third-order valence-electron chi connectivity index (χ3n) is 3.74. The average Bonchev–Trinajstić information content (AvgIpc) is 2.64. The zero-order valence-corrected chi connectivity index (χ0v) is 13.7. The Labute approximate surface area is 148 Å². The van der Waals surface area contributed by atoms with Crippen LogP contribution in [-0.4, -0.2) is 15.4 Å². The van der Waals surface area contributed by atoms with Crippen LogP contribution in [0.4, 0.5) is 11.4 Å². The van der Waals surface area contributed by atoms with Gasteiger partial charge in [-0.25, -0.2) is 0 Å². The van der Waals surface area contributed by atoms with Gasteiger partial charge in [-0.05, 0) is 23.8 Å². The van der Waals surface area contributed by atoms with E-state index >= 15 is 0 Å². The molecule has 1 N–H and O–H groups in total. The monoisotopic (exact) mass is 349 g/mol. The molecule has 0 atom stereocenters. The number of rotatable bonds is 5. The fraction of sp³-hybridized carbons (Fsp3) is 0.0526. The van der Waals surface area contributed by atoms with Gasteiger partial charge < -0.3 is 5.32 Å². The first-order chi connectivity index (χ1) is 12.5. The van der Waals surface area contributed by atoms with Crippen LogP contribution in [-0.2, 0) is 11.2 Å². The lowest BCUT2D eigenvalue weighted by Gasteiger charge is -2.09. The molecular weight excluding hydrogens is 334 g/mol. The third kappa shape index (κ3) is 4.02. The summed E-state index contributed by atoms with van der Waals surface area (Å²) in [5.41, 5.74) is 1.61. The molecule has 0 fully saturated rings. The van der Waals surface area contributed by atoms with Gasteiger partial charge in [-0.15, -0.1) is 0 Å². The molecule has 0 spiro atoms. The van der Waals surface area contributed by atoms with E-state index in [-0.39, 0.29) is 23.6 Å². The van der Waals surface area contributed by atoms with Crippen molar-refractivity contribution < 1.29 is 9.72 Å². The molecule has 3 rings (SSSR count). The van der Waals surface area contributed by atoms with Crippen LogP contribution in [0.25, 0.3) is 5.69 Å². The number of hydrogen-bond acceptors (Lipinski definition) is 4. The highest BCUT2D eigenvalue weighted by Crippen LogP contribution is 2.14. The lowest BCUT2D eigenvalue weighted by atomic mass is 10.1. The SMILES string of the molecule is O=C(Cc1ccc([N+](=O)[O-])cc1)Nc1ccc(=O)n(-c2ccccc2)c1. The number of anilines is 1. The van der Waals surface area contributed by atoms with Crippen molar-refractivity contribution in [3.05, 3.63) is 99.0 Å². The highest BCUT2D eigenvalue weighted by molar-refractivity contribution is 5.92. The molecule has 2 aromatic carbocycles. The van der Waals surface area contributed by atoms with Crippen molar-refractivity contribution in [1.29, 1.82) is 0 Å². The number of non-ortho nitro benzene ring substituents is 1. The van der Waals surface area contributed by atoms with Crippen molar-refractivity contribution in [2.45, 2.75) is 6.42 Å². The highest BCUT2D eigenvalue weighted by atomic mass is 16.6. The third-order valence-corrected chi connectivity index (χ3v) is 3.74. The van der Waals surface area contributed by atoms with E-state index in [2.05, 4.69) is 5.32 Å². The van der Waals surface area contributed by atoms with Gasteiger partial charge in [0.2, 0.25) is 5.91 Å². The molecule has 0 aliphatic carbocycles. The number of carbonyl (C=O) groups is 1. The Morgan fingerprint density at radius 2 is 1.69 bits per heavy atom. The van der Waals surface area contributed by atoms with Crippen LogP contribution in [0.15, 0.2) is 77.7 Å². The number of nitrogens with zero attached hydrogens (tertiary/aromatic N) is 2. The highest BCUT2D eigenvalue weighted by Gasteiger charge is 2.09. The number of carbonyl (C=O) groups excluding carboxylic acids is 1. The van der Waals surface area contributed by atoms with E-state index in [0.29, 0.717) is 16.9 Å². The summed E-state index contributed by atoms with van der Waals surface area (Å²) in [5.74, 6) is -0.280. The Morgan fingerprint density at radius 1 is 1.00 bits per heavy atom. The summed E-state index contributed by atoms with van der Waals surface area (Å²) < 4.78 is 1.45. The topological polar surface area (TPSA) is 94.2 Å². The first-order valence-corrected chi connectivity index (χ1v) is 7.84. The largest absolute Gasteiger partial charge is 0.324 e.